The lowest BCUT2D eigenvalue weighted by atomic mass is 10.2. The van der Waals surface area contributed by atoms with Crippen LogP contribution in [0.25, 0.3) is 11.2 Å². The maximum Gasteiger partial charge on any atom is 0.261 e. The average molecular weight is 302 g/mol. The molecule has 0 saturated heterocycles. The van der Waals surface area contributed by atoms with Crippen LogP contribution in [0.4, 0.5) is 5.69 Å². The van der Waals surface area contributed by atoms with Gasteiger partial charge in [-0.25, -0.2) is 18.4 Å². The van der Waals surface area contributed by atoms with E-state index in [4.69, 9.17) is 0 Å². The Labute approximate surface area is 122 Å². The van der Waals surface area contributed by atoms with Crippen molar-refractivity contribution in [3.05, 3.63) is 48.4 Å². The summed E-state index contributed by atoms with van der Waals surface area (Å²) in [5.74, 6) is 0. The van der Waals surface area contributed by atoms with E-state index in [1.807, 2.05) is 19.1 Å². The molecule has 21 heavy (non-hydrogen) atoms. The standard InChI is InChI=1S/C14H14N4O2S/c1-2-10-3-5-12(6-4-10)21(19,20)18-11-7-13-14(15-8-11)17-9-16-13/h3-9,18H,2H2,1H3,(H,15,16,17). The van der Waals surface area contributed by atoms with Gasteiger partial charge >= 0.3 is 0 Å². The Morgan fingerprint density at radius 1 is 1.19 bits per heavy atom. The van der Waals surface area contributed by atoms with Crippen LogP contribution in [0.2, 0.25) is 0 Å². The number of nitrogens with one attached hydrogen (secondary N) is 2. The molecular weight excluding hydrogens is 288 g/mol. The molecule has 0 aliphatic carbocycles. The first kappa shape index (κ1) is 13.6. The fourth-order valence-electron chi connectivity index (χ4n) is 2.00. The smallest absolute Gasteiger partial charge is 0.261 e. The predicted octanol–water partition coefficient (Wildman–Crippen LogP) is 2.32. The molecule has 108 valence electrons. The van der Waals surface area contributed by atoms with Gasteiger partial charge in [0, 0.05) is 0 Å². The summed E-state index contributed by atoms with van der Waals surface area (Å²) >= 11 is 0. The number of pyridine rings is 1. The Morgan fingerprint density at radius 3 is 2.67 bits per heavy atom. The molecule has 7 heteroatoms. The van der Waals surface area contributed by atoms with Gasteiger partial charge in [-0.05, 0) is 30.2 Å². The lowest BCUT2D eigenvalue weighted by molar-refractivity contribution is 0.601. The monoisotopic (exact) mass is 302 g/mol. The Kier molecular flexibility index (Phi) is 3.34. The van der Waals surface area contributed by atoms with E-state index in [-0.39, 0.29) is 4.90 Å². The Bertz CT molecular complexity index is 869. The second kappa shape index (κ2) is 5.17. The first-order valence-corrected chi connectivity index (χ1v) is 7.98. The third kappa shape index (κ3) is 2.73. The highest BCUT2D eigenvalue weighted by molar-refractivity contribution is 7.92. The highest BCUT2D eigenvalue weighted by Crippen LogP contribution is 2.18. The maximum absolute atomic E-state index is 12.3. The van der Waals surface area contributed by atoms with Gasteiger partial charge in [-0.15, -0.1) is 0 Å². The molecule has 2 aromatic heterocycles. The van der Waals surface area contributed by atoms with E-state index < -0.39 is 10.0 Å². The molecule has 3 aromatic rings. The molecule has 0 amide bonds. The molecular formula is C14H14N4O2S. The van der Waals surface area contributed by atoms with Gasteiger partial charge in [0.25, 0.3) is 10.0 Å². The van der Waals surface area contributed by atoms with Gasteiger partial charge in [0.2, 0.25) is 0 Å². The number of H-pyrrole nitrogens is 1. The number of hydrogen-bond acceptors (Lipinski definition) is 4. The first-order chi connectivity index (χ1) is 10.1. The van der Waals surface area contributed by atoms with Crippen LogP contribution in [-0.2, 0) is 16.4 Å². The zero-order chi connectivity index (χ0) is 14.9. The van der Waals surface area contributed by atoms with E-state index in [2.05, 4.69) is 19.7 Å². The number of aromatic nitrogens is 3. The number of fused-ring (bicyclic) bond motifs is 1. The van der Waals surface area contributed by atoms with Crippen molar-refractivity contribution >= 4 is 26.9 Å². The van der Waals surface area contributed by atoms with Gasteiger partial charge in [0.1, 0.15) is 0 Å². The molecule has 0 spiro atoms. The number of sulfonamides is 1. The van der Waals surface area contributed by atoms with Gasteiger partial charge < -0.3 is 4.98 Å². The van der Waals surface area contributed by atoms with E-state index >= 15 is 0 Å². The summed E-state index contributed by atoms with van der Waals surface area (Å²) < 4.78 is 27.1. The second-order valence-corrected chi connectivity index (χ2v) is 6.28. The summed E-state index contributed by atoms with van der Waals surface area (Å²) in [6.07, 6.45) is 3.83. The summed E-state index contributed by atoms with van der Waals surface area (Å²) in [5.41, 5.74) is 2.71. The fourth-order valence-corrected chi connectivity index (χ4v) is 3.04. The molecule has 0 unspecified atom stereocenters. The van der Waals surface area contributed by atoms with E-state index in [9.17, 15) is 8.42 Å². The minimum atomic E-state index is -3.61. The van der Waals surface area contributed by atoms with E-state index in [0.29, 0.717) is 16.9 Å². The van der Waals surface area contributed by atoms with Gasteiger partial charge in [-0.1, -0.05) is 19.1 Å². The Balaban J connectivity index is 1.90. The molecule has 0 radical (unpaired) electrons. The quantitative estimate of drug-likeness (QED) is 0.774. The van der Waals surface area contributed by atoms with Gasteiger partial charge in [-0.3, -0.25) is 4.72 Å². The normalized spacial score (nSPS) is 11.7. The number of rotatable bonds is 4. The van der Waals surface area contributed by atoms with Crippen molar-refractivity contribution in [2.45, 2.75) is 18.2 Å². The van der Waals surface area contributed by atoms with Crippen molar-refractivity contribution < 1.29 is 8.42 Å². The van der Waals surface area contributed by atoms with Crippen LogP contribution in [0.15, 0.2) is 47.8 Å². The van der Waals surface area contributed by atoms with Crippen LogP contribution in [0, 0.1) is 0 Å². The SMILES string of the molecule is CCc1ccc(S(=O)(=O)Nc2cnc3nc[nH]c3c2)cc1. The van der Waals surface area contributed by atoms with Crippen molar-refractivity contribution in [2.75, 3.05) is 4.72 Å². The van der Waals surface area contributed by atoms with E-state index in [0.717, 1.165) is 12.0 Å². The summed E-state index contributed by atoms with van der Waals surface area (Å²) in [4.78, 5) is 11.2. The number of hydrogen-bond donors (Lipinski definition) is 2. The lowest BCUT2D eigenvalue weighted by Gasteiger charge is -2.08. The number of anilines is 1. The van der Waals surface area contributed by atoms with Crippen LogP contribution in [0.1, 0.15) is 12.5 Å². The minimum Gasteiger partial charge on any atom is -0.343 e. The molecule has 0 atom stereocenters. The van der Waals surface area contributed by atoms with Crippen LogP contribution in [0.5, 0.6) is 0 Å². The van der Waals surface area contributed by atoms with Crippen molar-refractivity contribution in [3.8, 4) is 0 Å². The molecule has 0 saturated carbocycles. The maximum atomic E-state index is 12.3. The third-order valence-electron chi connectivity index (χ3n) is 3.17. The molecule has 0 aliphatic rings. The average Bonchev–Trinajstić information content (AvgIpc) is 2.94. The van der Waals surface area contributed by atoms with Crippen molar-refractivity contribution in [1.29, 1.82) is 0 Å². The third-order valence-corrected chi connectivity index (χ3v) is 4.56. The van der Waals surface area contributed by atoms with Crippen LogP contribution < -0.4 is 4.72 Å². The van der Waals surface area contributed by atoms with E-state index in [1.54, 1.807) is 18.2 Å². The molecule has 0 bridgehead atoms. The van der Waals surface area contributed by atoms with Gasteiger partial charge in [0.15, 0.2) is 5.65 Å². The molecule has 2 heterocycles. The first-order valence-electron chi connectivity index (χ1n) is 6.49. The van der Waals surface area contributed by atoms with Crippen LogP contribution in [0.3, 0.4) is 0 Å². The molecule has 0 aliphatic heterocycles. The predicted molar refractivity (Wildman–Crippen MR) is 80.5 cm³/mol. The number of aromatic amines is 1. The zero-order valence-electron chi connectivity index (χ0n) is 11.4. The summed E-state index contributed by atoms with van der Waals surface area (Å²) in [7, 11) is -3.61. The van der Waals surface area contributed by atoms with Gasteiger partial charge in [0.05, 0.1) is 28.6 Å². The van der Waals surface area contributed by atoms with Crippen molar-refractivity contribution in [2.24, 2.45) is 0 Å². The van der Waals surface area contributed by atoms with Crippen molar-refractivity contribution in [1.82, 2.24) is 15.0 Å². The number of nitrogens with zero attached hydrogens (tertiary/aromatic N) is 2. The number of benzene rings is 1. The molecule has 1 aromatic carbocycles. The summed E-state index contributed by atoms with van der Waals surface area (Å²) in [5, 5.41) is 0. The van der Waals surface area contributed by atoms with E-state index in [1.165, 1.54) is 12.5 Å². The fraction of sp³-hybridized carbons (Fsp3) is 0.143. The molecule has 3 rings (SSSR count). The molecule has 0 fully saturated rings. The molecule has 2 N–H and O–H groups in total. The number of aryl methyl sites for hydroxylation is 1. The topological polar surface area (TPSA) is 87.7 Å². The Hall–Kier alpha value is -2.41. The number of imidazole rings is 1. The molecule has 6 nitrogen and oxygen atoms in total. The largest absolute Gasteiger partial charge is 0.343 e. The highest BCUT2D eigenvalue weighted by Gasteiger charge is 2.14. The Morgan fingerprint density at radius 2 is 1.95 bits per heavy atom. The minimum absolute atomic E-state index is 0.226. The van der Waals surface area contributed by atoms with Crippen LogP contribution >= 0.6 is 0 Å². The van der Waals surface area contributed by atoms with Gasteiger partial charge in [-0.2, -0.15) is 0 Å². The lowest BCUT2D eigenvalue weighted by Crippen LogP contribution is -2.13. The summed E-state index contributed by atoms with van der Waals surface area (Å²) in [6, 6.07) is 8.48. The summed E-state index contributed by atoms with van der Waals surface area (Å²) in [6.45, 7) is 2.02. The van der Waals surface area contributed by atoms with Crippen LogP contribution in [-0.4, -0.2) is 23.4 Å². The second-order valence-electron chi connectivity index (χ2n) is 4.60. The van der Waals surface area contributed by atoms with Crippen molar-refractivity contribution in [3.63, 3.8) is 0 Å². The zero-order valence-corrected chi connectivity index (χ0v) is 12.2. The highest BCUT2D eigenvalue weighted by atomic mass is 32.2.